The van der Waals surface area contributed by atoms with Crippen molar-refractivity contribution >= 4 is 0 Å². The van der Waals surface area contributed by atoms with E-state index >= 15 is 0 Å². The van der Waals surface area contributed by atoms with Crippen molar-refractivity contribution in [3.8, 4) is 0 Å². The molecule has 0 aromatic carbocycles. The minimum absolute atomic E-state index is 0.0983. The van der Waals surface area contributed by atoms with E-state index in [1.54, 1.807) is 0 Å². The van der Waals surface area contributed by atoms with Gasteiger partial charge in [0, 0.05) is 6.61 Å². The van der Waals surface area contributed by atoms with E-state index in [9.17, 15) is 20.4 Å². The molecule has 0 amide bonds. The third-order valence-corrected chi connectivity index (χ3v) is 11.8. The zero-order chi connectivity index (χ0) is 24.1. The highest BCUT2D eigenvalue weighted by Crippen LogP contribution is 2.68. The predicted octanol–water partition coefficient (Wildman–Crippen LogP) is 5.02. The van der Waals surface area contributed by atoms with Crippen LogP contribution >= 0.6 is 0 Å². The first-order chi connectivity index (χ1) is 15.5. The first kappa shape index (κ1) is 25.9. The highest BCUT2D eigenvalue weighted by atomic mass is 16.3. The Morgan fingerprint density at radius 2 is 1.48 bits per heavy atom. The first-order valence-corrected chi connectivity index (χ1v) is 14.2. The molecule has 192 valence electrons. The van der Waals surface area contributed by atoms with Gasteiger partial charge in [0.2, 0.25) is 0 Å². The van der Waals surface area contributed by atoms with E-state index in [2.05, 4.69) is 34.6 Å². The Labute approximate surface area is 202 Å². The Balaban J connectivity index is 1.51. The Morgan fingerprint density at radius 3 is 2.15 bits per heavy atom. The topological polar surface area (TPSA) is 80.9 Å². The maximum Gasteiger partial charge on any atom is 0.0579 e. The summed E-state index contributed by atoms with van der Waals surface area (Å²) in [6.07, 6.45) is 9.12. The second-order valence-electron chi connectivity index (χ2n) is 13.7. The standard InChI is InChI=1S/C29H52O4/c1-17(2)19(10-13-30)7-6-18(3)23-16-26(33)27-21-15-25(32)24-14-20(31)8-11-28(24,4)22(21)9-12-29(23,27)5/h17-27,30-33H,6-16H2,1-5H3/t18-,19+,20+,21-,22+,23-,24-,25-,26+,27-,28-,29-/m1/s1. The normalized spacial score (nSPS) is 49.3. The molecular formula is C29H52O4. The van der Waals surface area contributed by atoms with Crippen LogP contribution in [0.15, 0.2) is 0 Å². The van der Waals surface area contributed by atoms with Crippen LogP contribution in [-0.2, 0) is 0 Å². The second-order valence-corrected chi connectivity index (χ2v) is 13.7. The molecule has 0 radical (unpaired) electrons. The van der Waals surface area contributed by atoms with Gasteiger partial charge in [-0.2, -0.15) is 0 Å². The molecule has 0 saturated heterocycles. The van der Waals surface area contributed by atoms with Crippen molar-refractivity contribution in [1.29, 1.82) is 0 Å². The van der Waals surface area contributed by atoms with Crippen LogP contribution < -0.4 is 0 Å². The van der Waals surface area contributed by atoms with Crippen molar-refractivity contribution in [2.45, 2.75) is 117 Å². The number of rotatable bonds is 7. The van der Waals surface area contributed by atoms with E-state index in [0.717, 1.165) is 38.5 Å². The summed E-state index contributed by atoms with van der Waals surface area (Å²) in [7, 11) is 0. The van der Waals surface area contributed by atoms with Crippen molar-refractivity contribution in [2.75, 3.05) is 6.61 Å². The molecule has 4 N–H and O–H groups in total. The van der Waals surface area contributed by atoms with Crippen LogP contribution in [0.5, 0.6) is 0 Å². The predicted molar refractivity (Wildman–Crippen MR) is 132 cm³/mol. The molecule has 4 aliphatic rings. The monoisotopic (exact) mass is 464 g/mol. The maximum atomic E-state index is 11.5. The van der Waals surface area contributed by atoms with Gasteiger partial charge in [0.15, 0.2) is 0 Å². The summed E-state index contributed by atoms with van der Waals surface area (Å²) >= 11 is 0. The minimum Gasteiger partial charge on any atom is -0.396 e. The van der Waals surface area contributed by atoms with Crippen molar-refractivity contribution in [3.05, 3.63) is 0 Å². The molecule has 0 aromatic heterocycles. The van der Waals surface area contributed by atoms with Gasteiger partial charge < -0.3 is 20.4 Å². The molecule has 0 spiro atoms. The number of fused-ring (bicyclic) bond motifs is 5. The second kappa shape index (κ2) is 9.71. The molecule has 12 atom stereocenters. The van der Waals surface area contributed by atoms with Crippen molar-refractivity contribution in [3.63, 3.8) is 0 Å². The summed E-state index contributed by atoms with van der Waals surface area (Å²) in [6, 6.07) is 0. The van der Waals surface area contributed by atoms with Crippen molar-refractivity contribution in [2.24, 2.45) is 58.2 Å². The fraction of sp³-hybridized carbons (Fsp3) is 1.00. The van der Waals surface area contributed by atoms with Crippen LogP contribution in [-0.4, -0.2) is 45.3 Å². The lowest BCUT2D eigenvalue weighted by Gasteiger charge is -2.62. The maximum absolute atomic E-state index is 11.5. The average molecular weight is 465 g/mol. The van der Waals surface area contributed by atoms with E-state index in [1.165, 1.54) is 25.7 Å². The van der Waals surface area contributed by atoms with Crippen LogP contribution in [0.3, 0.4) is 0 Å². The van der Waals surface area contributed by atoms with Gasteiger partial charge in [0.1, 0.15) is 0 Å². The van der Waals surface area contributed by atoms with Crippen molar-refractivity contribution < 1.29 is 20.4 Å². The van der Waals surface area contributed by atoms with Crippen LogP contribution in [0, 0.1) is 58.2 Å². The van der Waals surface area contributed by atoms with Crippen molar-refractivity contribution in [1.82, 2.24) is 0 Å². The van der Waals surface area contributed by atoms with Gasteiger partial charge in [-0.05, 0) is 116 Å². The molecule has 0 bridgehead atoms. The van der Waals surface area contributed by atoms with Gasteiger partial charge in [-0.15, -0.1) is 0 Å². The van der Waals surface area contributed by atoms with Gasteiger partial charge in [-0.1, -0.05) is 41.0 Å². The Morgan fingerprint density at radius 1 is 0.788 bits per heavy atom. The Bertz CT molecular complexity index is 666. The lowest BCUT2D eigenvalue weighted by molar-refractivity contribution is -0.181. The third kappa shape index (κ3) is 4.45. The lowest BCUT2D eigenvalue weighted by atomic mass is 9.43. The number of aliphatic hydroxyl groups is 4. The highest BCUT2D eigenvalue weighted by Gasteiger charge is 2.64. The average Bonchev–Trinajstić information content (AvgIpc) is 3.03. The van der Waals surface area contributed by atoms with E-state index in [1.807, 2.05) is 0 Å². The molecule has 4 saturated carbocycles. The summed E-state index contributed by atoms with van der Waals surface area (Å²) in [5.41, 5.74) is 0.252. The van der Waals surface area contributed by atoms with Crippen LogP contribution in [0.2, 0.25) is 0 Å². The van der Waals surface area contributed by atoms with Gasteiger partial charge in [0.05, 0.1) is 18.3 Å². The SMILES string of the molecule is CC(C)[C@H](CCO)CC[C@@H](C)[C@H]1C[C@H](O)[C@H]2[C@@H]3C[C@@H](O)[C@H]4C[C@@H](O)CC[C@]4(C)[C@H]3CC[C@@]21C. The quantitative estimate of drug-likeness (QED) is 0.426. The largest absolute Gasteiger partial charge is 0.396 e. The first-order valence-electron chi connectivity index (χ1n) is 14.2. The summed E-state index contributed by atoms with van der Waals surface area (Å²) in [6.45, 7) is 12.1. The molecule has 0 aromatic rings. The van der Waals surface area contributed by atoms with E-state index in [-0.39, 0.29) is 41.7 Å². The molecule has 0 heterocycles. The molecule has 4 fully saturated rings. The highest BCUT2D eigenvalue weighted by molar-refractivity contribution is 5.13. The van der Waals surface area contributed by atoms with Crippen LogP contribution in [0.25, 0.3) is 0 Å². The minimum atomic E-state index is -0.345. The molecule has 33 heavy (non-hydrogen) atoms. The summed E-state index contributed by atoms with van der Waals surface area (Å²) < 4.78 is 0. The van der Waals surface area contributed by atoms with Gasteiger partial charge >= 0.3 is 0 Å². The summed E-state index contributed by atoms with van der Waals surface area (Å²) in [5, 5.41) is 42.4. The zero-order valence-corrected chi connectivity index (χ0v) is 21.9. The van der Waals surface area contributed by atoms with E-state index in [0.29, 0.717) is 41.4 Å². The van der Waals surface area contributed by atoms with Crippen LogP contribution in [0.4, 0.5) is 0 Å². The molecular weight excluding hydrogens is 412 g/mol. The fourth-order valence-corrected chi connectivity index (χ4v) is 9.93. The third-order valence-electron chi connectivity index (χ3n) is 11.8. The Hall–Kier alpha value is -0.160. The summed E-state index contributed by atoms with van der Waals surface area (Å²) in [5.74, 6) is 3.76. The Kier molecular flexibility index (Phi) is 7.63. The van der Waals surface area contributed by atoms with Gasteiger partial charge in [-0.25, -0.2) is 0 Å². The van der Waals surface area contributed by atoms with Crippen LogP contribution in [0.1, 0.15) is 98.8 Å². The molecule has 4 heteroatoms. The van der Waals surface area contributed by atoms with Gasteiger partial charge in [0.25, 0.3) is 0 Å². The van der Waals surface area contributed by atoms with E-state index in [4.69, 9.17) is 0 Å². The smallest absolute Gasteiger partial charge is 0.0579 e. The fourth-order valence-electron chi connectivity index (χ4n) is 9.93. The number of hydrogen-bond acceptors (Lipinski definition) is 4. The number of hydrogen-bond donors (Lipinski definition) is 4. The molecule has 4 nitrogen and oxygen atoms in total. The molecule has 0 aliphatic heterocycles. The molecule has 4 rings (SSSR count). The molecule has 4 aliphatic carbocycles. The van der Waals surface area contributed by atoms with Gasteiger partial charge in [-0.3, -0.25) is 0 Å². The van der Waals surface area contributed by atoms with E-state index < -0.39 is 0 Å². The lowest BCUT2D eigenvalue weighted by Crippen LogP contribution is -2.59. The molecule has 0 unspecified atom stereocenters. The zero-order valence-electron chi connectivity index (χ0n) is 21.9. The number of aliphatic hydroxyl groups excluding tert-OH is 4. The summed E-state index contributed by atoms with van der Waals surface area (Å²) in [4.78, 5) is 0.